The minimum atomic E-state index is -0.448. The lowest BCUT2D eigenvalue weighted by Crippen LogP contribution is -2.40. The minimum Gasteiger partial charge on any atom is -0.444 e. The predicted molar refractivity (Wildman–Crippen MR) is 65.2 cm³/mol. The van der Waals surface area contributed by atoms with Crippen molar-refractivity contribution in [1.82, 2.24) is 10.2 Å². The molecule has 0 spiro atoms. The predicted octanol–water partition coefficient (Wildman–Crippen LogP) is 1.47. The Morgan fingerprint density at radius 3 is 2.56 bits per heavy atom. The summed E-state index contributed by atoms with van der Waals surface area (Å²) in [5, 5.41) is 3.03. The number of carbonyl (C=O) groups is 1. The van der Waals surface area contributed by atoms with Crippen LogP contribution in [0.4, 0.5) is 4.79 Å². The van der Waals surface area contributed by atoms with Crippen molar-refractivity contribution < 1.29 is 9.53 Å². The van der Waals surface area contributed by atoms with Crippen molar-refractivity contribution in [3.8, 4) is 12.3 Å². The quantitative estimate of drug-likeness (QED) is 0.570. The molecule has 0 radical (unpaired) electrons. The number of nitrogens with one attached hydrogen (secondary N) is 1. The molecule has 0 rings (SSSR count). The molecule has 0 saturated carbocycles. The number of terminal acetylenes is 1. The molecule has 0 fully saturated rings. The molecular weight excluding hydrogens is 204 g/mol. The number of amides is 1. The summed E-state index contributed by atoms with van der Waals surface area (Å²) >= 11 is 0. The summed E-state index contributed by atoms with van der Waals surface area (Å²) in [5.41, 5.74) is -0.448. The summed E-state index contributed by atoms with van der Waals surface area (Å²) in [4.78, 5) is 13.3. The van der Waals surface area contributed by atoms with Crippen LogP contribution >= 0.6 is 0 Å². The van der Waals surface area contributed by atoms with Crippen LogP contribution in [0.25, 0.3) is 0 Å². The molecule has 0 aliphatic rings. The molecule has 0 bridgehead atoms. The summed E-state index contributed by atoms with van der Waals surface area (Å²) in [5.74, 6) is 2.48. The van der Waals surface area contributed by atoms with Gasteiger partial charge in [-0.05, 0) is 27.7 Å². The average molecular weight is 226 g/mol. The van der Waals surface area contributed by atoms with E-state index in [1.807, 2.05) is 27.7 Å². The zero-order chi connectivity index (χ0) is 12.6. The van der Waals surface area contributed by atoms with Crippen molar-refractivity contribution in [1.29, 1.82) is 0 Å². The minimum absolute atomic E-state index is 0.280. The van der Waals surface area contributed by atoms with Gasteiger partial charge < -0.3 is 15.0 Å². The van der Waals surface area contributed by atoms with Gasteiger partial charge in [-0.3, -0.25) is 0 Å². The van der Waals surface area contributed by atoms with E-state index in [9.17, 15) is 4.79 Å². The van der Waals surface area contributed by atoms with Crippen LogP contribution in [-0.2, 0) is 4.74 Å². The van der Waals surface area contributed by atoms with Crippen molar-refractivity contribution in [3.63, 3.8) is 0 Å². The number of ether oxygens (including phenoxy) is 1. The van der Waals surface area contributed by atoms with Crippen LogP contribution in [-0.4, -0.2) is 42.8 Å². The average Bonchev–Trinajstić information content (AvgIpc) is 2.15. The maximum Gasteiger partial charge on any atom is 0.410 e. The van der Waals surface area contributed by atoms with Gasteiger partial charge in [0.05, 0.1) is 6.54 Å². The van der Waals surface area contributed by atoms with Crippen molar-refractivity contribution in [2.45, 2.75) is 33.3 Å². The fraction of sp³-hybridized carbons (Fsp3) is 0.750. The second-order valence-corrected chi connectivity index (χ2v) is 4.44. The molecule has 1 N–H and O–H groups in total. The zero-order valence-electron chi connectivity index (χ0n) is 10.7. The van der Waals surface area contributed by atoms with E-state index in [-0.39, 0.29) is 6.09 Å². The summed E-state index contributed by atoms with van der Waals surface area (Å²) in [6.07, 6.45) is 4.82. The van der Waals surface area contributed by atoms with Gasteiger partial charge in [-0.2, -0.15) is 0 Å². The highest BCUT2D eigenvalue weighted by atomic mass is 16.6. The maximum atomic E-state index is 11.7. The summed E-state index contributed by atoms with van der Waals surface area (Å²) < 4.78 is 5.27. The number of carbonyl (C=O) groups excluding carboxylic acids is 1. The van der Waals surface area contributed by atoms with Crippen LogP contribution < -0.4 is 5.32 Å². The van der Waals surface area contributed by atoms with Gasteiger partial charge in [-0.1, -0.05) is 5.92 Å². The number of likely N-dealkylation sites (N-methyl/N-ethyl adjacent to an activating group) is 1. The second kappa shape index (κ2) is 7.13. The fourth-order valence-corrected chi connectivity index (χ4v) is 1.08. The molecule has 92 valence electrons. The molecule has 0 heterocycles. The third-order valence-electron chi connectivity index (χ3n) is 1.82. The van der Waals surface area contributed by atoms with Crippen LogP contribution in [0, 0.1) is 12.3 Å². The SMILES string of the molecule is C#CCNCCN(CC)C(=O)OC(C)(C)C. The van der Waals surface area contributed by atoms with Gasteiger partial charge in [0.25, 0.3) is 0 Å². The topological polar surface area (TPSA) is 41.6 Å². The largest absolute Gasteiger partial charge is 0.444 e. The zero-order valence-corrected chi connectivity index (χ0v) is 10.7. The molecule has 0 unspecified atom stereocenters. The number of nitrogens with zero attached hydrogens (tertiary/aromatic N) is 1. The van der Waals surface area contributed by atoms with Crippen LogP contribution in [0.1, 0.15) is 27.7 Å². The Balaban J connectivity index is 3.98. The molecule has 1 amide bonds. The highest BCUT2D eigenvalue weighted by Gasteiger charge is 2.20. The summed E-state index contributed by atoms with van der Waals surface area (Å²) in [6.45, 7) is 9.92. The molecule has 0 aromatic carbocycles. The van der Waals surface area contributed by atoms with E-state index in [4.69, 9.17) is 11.2 Å². The van der Waals surface area contributed by atoms with Gasteiger partial charge in [0.2, 0.25) is 0 Å². The molecule has 0 aliphatic carbocycles. The van der Waals surface area contributed by atoms with Crippen molar-refractivity contribution in [3.05, 3.63) is 0 Å². The molecule has 4 heteroatoms. The molecule has 0 atom stereocenters. The Kier molecular flexibility index (Phi) is 6.59. The summed E-state index contributed by atoms with van der Waals surface area (Å²) in [6, 6.07) is 0. The number of rotatable bonds is 5. The third kappa shape index (κ3) is 7.13. The van der Waals surface area contributed by atoms with Gasteiger partial charge in [-0.15, -0.1) is 6.42 Å². The van der Waals surface area contributed by atoms with Crippen molar-refractivity contribution >= 4 is 6.09 Å². The first-order chi connectivity index (χ1) is 7.40. The number of hydrogen-bond acceptors (Lipinski definition) is 3. The third-order valence-corrected chi connectivity index (χ3v) is 1.82. The molecular formula is C12H22N2O2. The van der Waals surface area contributed by atoms with Gasteiger partial charge in [0.15, 0.2) is 0 Å². The molecule has 4 nitrogen and oxygen atoms in total. The van der Waals surface area contributed by atoms with Crippen LogP contribution in [0.3, 0.4) is 0 Å². The second-order valence-electron chi connectivity index (χ2n) is 4.44. The normalized spacial score (nSPS) is 10.7. The molecule has 16 heavy (non-hydrogen) atoms. The van der Waals surface area contributed by atoms with E-state index in [1.165, 1.54) is 0 Å². The maximum absolute atomic E-state index is 11.7. The Hall–Kier alpha value is -1.21. The molecule has 0 aromatic heterocycles. The van der Waals surface area contributed by atoms with Gasteiger partial charge >= 0.3 is 6.09 Å². The summed E-state index contributed by atoms with van der Waals surface area (Å²) in [7, 11) is 0. The van der Waals surface area contributed by atoms with E-state index < -0.39 is 5.60 Å². The van der Waals surface area contributed by atoms with E-state index in [0.717, 1.165) is 0 Å². The van der Waals surface area contributed by atoms with Crippen LogP contribution in [0.2, 0.25) is 0 Å². The smallest absolute Gasteiger partial charge is 0.410 e. The van der Waals surface area contributed by atoms with E-state index in [0.29, 0.717) is 26.2 Å². The van der Waals surface area contributed by atoms with Gasteiger partial charge in [0.1, 0.15) is 5.60 Å². The highest BCUT2D eigenvalue weighted by molar-refractivity contribution is 5.68. The first-order valence-electron chi connectivity index (χ1n) is 5.52. The van der Waals surface area contributed by atoms with Crippen molar-refractivity contribution in [2.24, 2.45) is 0 Å². The van der Waals surface area contributed by atoms with Crippen LogP contribution in [0.5, 0.6) is 0 Å². The molecule has 0 aliphatic heterocycles. The lowest BCUT2D eigenvalue weighted by atomic mass is 10.2. The van der Waals surface area contributed by atoms with E-state index >= 15 is 0 Å². The Morgan fingerprint density at radius 1 is 1.50 bits per heavy atom. The lowest BCUT2D eigenvalue weighted by molar-refractivity contribution is 0.0262. The standard InChI is InChI=1S/C12H22N2O2/c1-6-8-13-9-10-14(7-2)11(15)16-12(3,4)5/h1,13H,7-10H2,2-5H3. The molecule has 0 aromatic rings. The Bertz CT molecular complexity index is 251. The highest BCUT2D eigenvalue weighted by Crippen LogP contribution is 2.09. The monoisotopic (exact) mass is 226 g/mol. The fourth-order valence-electron chi connectivity index (χ4n) is 1.08. The number of hydrogen-bond donors (Lipinski definition) is 1. The Labute approximate surface area is 98.3 Å². The van der Waals surface area contributed by atoms with E-state index in [1.54, 1.807) is 4.90 Å². The lowest BCUT2D eigenvalue weighted by Gasteiger charge is -2.26. The van der Waals surface area contributed by atoms with Gasteiger partial charge in [-0.25, -0.2) is 4.79 Å². The van der Waals surface area contributed by atoms with Gasteiger partial charge in [0, 0.05) is 19.6 Å². The van der Waals surface area contributed by atoms with Crippen LogP contribution in [0.15, 0.2) is 0 Å². The van der Waals surface area contributed by atoms with E-state index in [2.05, 4.69) is 11.2 Å². The van der Waals surface area contributed by atoms with Crippen molar-refractivity contribution in [2.75, 3.05) is 26.2 Å². The first-order valence-corrected chi connectivity index (χ1v) is 5.52. The first kappa shape index (κ1) is 14.8. The molecule has 0 saturated heterocycles. The Morgan fingerprint density at radius 2 is 2.12 bits per heavy atom.